The van der Waals surface area contributed by atoms with Crippen molar-refractivity contribution >= 4 is 11.8 Å². The van der Waals surface area contributed by atoms with Crippen LogP contribution in [0.25, 0.3) is 0 Å². The van der Waals surface area contributed by atoms with Crippen LogP contribution >= 0.6 is 0 Å². The number of nitrogens with one attached hydrogen (secondary N) is 2. The average Bonchev–Trinajstić information content (AvgIpc) is 3.42. The first-order valence-electron chi connectivity index (χ1n) is 11.4. The molecule has 3 rings (SSSR count). The van der Waals surface area contributed by atoms with Crippen LogP contribution in [0.2, 0.25) is 0 Å². The minimum Gasteiger partial charge on any atom is -0.490 e. The zero-order chi connectivity index (χ0) is 21.7. The Labute approximate surface area is 180 Å². The number of likely N-dealkylation sites (tertiary alicyclic amines) is 1. The third-order valence-electron chi connectivity index (χ3n) is 5.93. The quantitative estimate of drug-likeness (QED) is 0.608. The van der Waals surface area contributed by atoms with Crippen LogP contribution in [0.15, 0.2) is 18.2 Å². The molecule has 6 nitrogen and oxygen atoms in total. The lowest BCUT2D eigenvalue weighted by Gasteiger charge is -2.20. The summed E-state index contributed by atoms with van der Waals surface area (Å²) in [6, 6.07) is 6.70. The van der Waals surface area contributed by atoms with Gasteiger partial charge in [-0.15, -0.1) is 0 Å². The lowest BCUT2D eigenvalue weighted by Crippen LogP contribution is -2.41. The first kappa shape index (κ1) is 22.6. The molecule has 6 heteroatoms. The Balaban J connectivity index is 1.45. The van der Waals surface area contributed by atoms with Crippen molar-refractivity contribution in [2.45, 2.75) is 72.1 Å². The maximum absolute atomic E-state index is 12.3. The third kappa shape index (κ3) is 6.73. The molecule has 1 aliphatic heterocycles. The van der Waals surface area contributed by atoms with E-state index in [0.29, 0.717) is 18.4 Å². The molecule has 0 aromatic heterocycles. The van der Waals surface area contributed by atoms with Crippen LogP contribution in [0.3, 0.4) is 0 Å². The highest BCUT2D eigenvalue weighted by Gasteiger charge is 2.34. The van der Waals surface area contributed by atoms with Crippen LogP contribution in [-0.2, 0) is 16.1 Å². The summed E-state index contributed by atoms with van der Waals surface area (Å²) in [4.78, 5) is 27.0. The molecular weight excluding hydrogens is 378 g/mol. The fraction of sp³-hybridized carbons (Fsp3) is 0.667. The molecular formula is C24H37N3O3. The molecule has 2 unspecified atom stereocenters. The summed E-state index contributed by atoms with van der Waals surface area (Å²) in [5.41, 5.74) is 1.99. The molecule has 2 aliphatic rings. The van der Waals surface area contributed by atoms with Gasteiger partial charge in [0.25, 0.3) is 0 Å². The number of carbonyl (C=O) groups excluding carboxylic acids is 2. The normalized spacial score (nSPS) is 20.2. The van der Waals surface area contributed by atoms with Crippen molar-refractivity contribution < 1.29 is 14.3 Å². The number of aryl methyl sites for hydroxylation is 1. The number of nitrogens with zero attached hydrogens (tertiary/aromatic N) is 1. The molecule has 2 amide bonds. The fourth-order valence-electron chi connectivity index (χ4n) is 4.22. The summed E-state index contributed by atoms with van der Waals surface area (Å²) in [5.74, 6) is 0.626. The van der Waals surface area contributed by atoms with E-state index in [0.717, 1.165) is 48.8 Å². The molecule has 1 saturated carbocycles. The number of hydrogen-bond acceptors (Lipinski definition) is 4. The molecule has 1 aliphatic carbocycles. The van der Waals surface area contributed by atoms with Gasteiger partial charge in [-0.25, -0.2) is 0 Å². The Kier molecular flexibility index (Phi) is 7.75. The van der Waals surface area contributed by atoms with Crippen molar-refractivity contribution in [3.8, 4) is 5.75 Å². The van der Waals surface area contributed by atoms with Crippen LogP contribution in [0.4, 0.5) is 0 Å². The van der Waals surface area contributed by atoms with Gasteiger partial charge in [-0.05, 0) is 69.5 Å². The second kappa shape index (κ2) is 10.3. The molecule has 2 atom stereocenters. The van der Waals surface area contributed by atoms with Crippen LogP contribution in [0.5, 0.6) is 5.75 Å². The van der Waals surface area contributed by atoms with Gasteiger partial charge in [0, 0.05) is 31.2 Å². The SMILES string of the molecule is Cc1ccc(CNC(=O)C(=O)NCC2CCN(C3CC3)C2)c(OC(C)CC(C)C)c1. The Morgan fingerprint density at radius 1 is 1.13 bits per heavy atom. The van der Waals surface area contributed by atoms with E-state index < -0.39 is 11.8 Å². The number of hydrogen-bond donors (Lipinski definition) is 2. The average molecular weight is 416 g/mol. The van der Waals surface area contributed by atoms with Gasteiger partial charge >= 0.3 is 11.8 Å². The largest absolute Gasteiger partial charge is 0.490 e. The zero-order valence-electron chi connectivity index (χ0n) is 18.9. The number of ether oxygens (including phenoxy) is 1. The van der Waals surface area contributed by atoms with Crippen molar-refractivity contribution in [1.82, 2.24) is 15.5 Å². The molecule has 166 valence electrons. The van der Waals surface area contributed by atoms with Crippen molar-refractivity contribution in [2.24, 2.45) is 11.8 Å². The molecule has 30 heavy (non-hydrogen) atoms. The summed E-state index contributed by atoms with van der Waals surface area (Å²) in [6.45, 7) is 11.4. The highest BCUT2D eigenvalue weighted by molar-refractivity contribution is 6.35. The summed E-state index contributed by atoms with van der Waals surface area (Å²) in [5, 5.41) is 5.55. The van der Waals surface area contributed by atoms with E-state index in [9.17, 15) is 9.59 Å². The molecule has 0 bridgehead atoms. The maximum atomic E-state index is 12.3. The Morgan fingerprint density at radius 3 is 2.57 bits per heavy atom. The molecule has 2 fully saturated rings. The highest BCUT2D eigenvalue weighted by Crippen LogP contribution is 2.31. The van der Waals surface area contributed by atoms with Gasteiger partial charge in [-0.3, -0.25) is 9.59 Å². The first-order chi connectivity index (χ1) is 14.3. The van der Waals surface area contributed by atoms with Gasteiger partial charge in [-0.1, -0.05) is 26.0 Å². The molecule has 0 spiro atoms. The standard InChI is InChI=1S/C24H37N3O3/c1-16(2)11-18(4)30-22-12-17(3)5-6-20(22)14-26-24(29)23(28)25-13-19-9-10-27(15-19)21-7-8-21/h5-6,12,16,18-19,21H,7-11,13-15H2,1-4H3,(H,25,28)(H,26,29). The van der Waals surface area contributed by atoms with E-state index in [2.05, 4.69) is 36.3 Å². The summed E-state index contributed by atoms with van der Waals surface area (Å²) >= 11 is 0. The zero-order valence-corrected chi connectivity index (χ0v) is 18.9. The fourth-order valence-corrected chi connectivity index (χ4v) is 4.22. The van der Waals surface area contributed by atoms with Crippen molar-refractivity contribution in [3.05, 3.63) is 29.3 Å². The van der Waals surface area contributed by atoms with Crippen molar-refractivity contribution in [3.63, 3.8) is 0 Å². The summed E-state index contributed by atoms with van der Waals surface area (Å²) < 4.78 is 6.12. The van der Waals surface area contributed by atoms with E-state index >= 15 is 0 Å². The van der Waals surface area contributed by atoms with Crippen LogP contribution < -0.4 is 15.4 Å². The molecule has 0 radical (unpaired) electrons. The van der Waals surface area contributed by atoms with E-state index in [1.54, 1.807) is 0 Å². The van der Waals surface area contributed by atoms with E-state index in [1.165, 1.54) is 12.8 Å². The molecule has 1 saturated heterocycles. The molecule has 1 aromatic rings. The monoisotopic (exact) mass is 415 g/mol. The summed E-state index contributed by atoms with van der Waals surface area (Å²) in [7, 11) is 0. The van der Waals surface area contributed by atoms with Gasteiger partial charge in [0.1, 0.15) is 5.75 Å². The molecule has 1 heterocycles. The van der Waals surface area contributed by atoms with Crippen LogP contribution in [0.1, 0.15) is 57.6 Å². The smallest absolute Gasteiger partial charge is 0.309 e. The van der Waals surface area contributed by atoms with Crippen molar-refractivity contribution in [2.75, 3.05) is 19.6 Å². The minimum absolute atomic E-state index is 0.0890. The predicted molar refractivity (Wildman–Crippen MR) is 118 cm³/mol. The van der Waals surface area contributed by atoms with Crippen LogP contribution in [-0.4, -0.2) is 48.5 Å². The Hall–Kier alpha value is -2.08. The predicted octanol–water partition coefficient (Wildman–Crippen LogP) is 3.03. The topological polar surface area (TPSA) is 70.7 Å². The van der Waals surface area contributed by atoms with Gasteiger partial charge in [0.15, 0.2) is 0 Å². The second-order valence-electron chi connectivity index (χ2n) is 9.44. The number of carbonyl (C=O) groups is 2. The minimum atomic E-state index is -0.589. The lowest BCUT2D eigenvalue weighted by atomic mass is 10.1. The Bertz CT molecular complexity index is 745. The van der Waals surface area contributed by atoms with E-state index in [1.807, 2.05) is 25.1 Å². The Morgan fingerprint density at radius 2 is 1.87 bits per heavy atom. The van der Waals surface area contributed by atoms with Gasteiger partial charge < -0.3 is 20.3 Å². The van der Waals surface area contributed by atoms with Crippen molar-refractivity contribution in [1.29, 1.82) is 0 Å². The van der Waals surface area contributed by atoms with Gasteiger partial charge in [0.2, 0.25) is 0 Å². The first-order valence-corrected chi connectivity index (χ1v) is 11.4. The van der Waals surface area contributed by atoms with E-state index in [4.69, 9.17) is 4.74 Å². The summed E-state index contributed by atoms with van der Waals surface area (Å²) in [6.07, 6.45) is 4.76. The third-order valence-corrected chi connectivity index (χ3v) is 5.93. The lowest BCUT2D eigenvalue weighted by molar-refractivity contribution is -0.139. The van der Waals surface area contributed by atoms with E-state index in [-0.39, 0.29) is 12.6 Å². The van der Waals surface area contributed by atoms with Crippen LogP contribution in [0, 0.1) is 18.8 Å². The van der Waals surface area contributed by atoms with Gasteiger partial charge in [0.05, 0.1) is 6.10 Å². The number of benzene rings is 1. The maximum Gasteiger partial charge on any atom is 0.309 e. The second-order valence-corrected chi connectivity index (χ2v) is 9.44. The number of rotatable bonds is 9. The number of amides is 2. The molecule has 2 N–H and O–H groups in total. The molecule has 1 aromatic carbocycles. The van der Waals surface area contributed by atoms with Gasteiger partial charge in [-0.2, -0.15) is 0 Å². The highest BCUT2D eigenvalue weighted by atomic mass is 16.5.